The Morgan fingerprint density at radius 2 is 1.78 bits per heavy atom. The molecule has 1 aromatic heterocycles. The zero-order chi connectivity index (χ0) is 18.8. The van der Waals surface area contributed by atoms with Gasteiger partial charge in [0, 0.05) is 24.3 Å². The van der Waals surface area contributed by atoms with E-state index >= 15 is 0 Å². The molecule has 4 rings (SSSR count). The van der Waals surface area contributed by atoms with Crippen LogP contribution in [0.15, 0.2) is 60.8 Å². The number of nitrogens with zero attached hydrogens (tertiary/aromatic N) is 1. The summed E-state index contributed by atoms with van der Waals surface area (Å²) in [6.07, 6.45) is 3.74. The number of rotatable bonds is 5. The van der Waals surface area contributed by atoms with Gasteiger partial charge in [-0.05, 0) is 48.1 Å². The number of primary amides is 1. The highest BCUT2D eigenvalue weighted by molar-refractivity contribution is 5.93. The van der Waals surface area contributed by atoms with Crippen LogP contribution in [0.4, 0.5) is 0 Å². The third-order valence-electron chi connectivity index (χ3n) is 5.24. The van der Waals surface area contributed by atoms with Crippen LogP contribution in [-0.2, 0) is 19.4 Å². The van der Waals surface area contributed by atoms with Crippen molar-refractivity contribution in [3.63, 3.8) is 0 Å². The molecule has 0 atom stereocenters. The number of pyridine rings is 1. The molecule has 1 aliphatic carbocycles. The van der Waals surface area contributed by atoms with Gasteiger partial charge >= 0.3 is 0 Å². The smallest absolute Gasteiger partial charge is 0.250 e. The minimum atomic E-state index is -0.451. The van der Waals surface area contributed by atoms with E-state index in [-0.39, 0.29) is 0 Å². The minimum absolute atomic E-state index is 0.439. The van der Waals surface area contributed by atoms with Gasteiger partial charge in [-0.3, -0.25) is 9.78 Å². The van der Waals surface area contributed by atoms with Gasteiger partial charge in [-0.15, -0.1) is 0 Å². The molecule has 1 aliphatic rings. The van der Waals surface area contributed by atoms with Gasteiger partial charge in [0.1, 0.15) is 0 Å². The number of aromatic nitrogens is 1. The second kappa shape index (κ2) is 7.33. The maximum atomic E-state index is 11.3. The van der Waals surface area contributed by atoms with Crippen LogP contribution in [0.3, 0.4) is 0 Å². The van der Waals surface area contributed by atoms with E-state index in [2.05, 4.69) is 58.8 Å². The van der Waals surface area contributed by atoms with E-state index < -0.39 is 5.91 Å². The fourth-order valence-electron chi connectivity index (χ4n) is 3.76. The second-order valence-electron chi connectivity index (χ2n) is 7.21. The number of benzene rings is 2. The van der Waals surface area contributed by atoms with E-state index in [1.165, 1.54) is 22.9 Å². The molecule has 0 bridgehead atoms. The lowest BCUT2D eigenvalue weighted by molar-refractivity contribution is 0.1000. The summed E-state index contributed by atoms with van der Waals surface area (Å²) in [5.41, 5.74) is 12.8. The van der Waals surface area contributed by atoms with E-state index in [0.717, 1.165) is 36.2 Å². The first-order valence-corrected chi connectivity index (χ1v) is 9.26. The fraction of sp³-hybridized carbons (Fsp3) is 0.217. The molecule has 3 N–H and O–H groups in total. The van der Waals surface area contributed by atoms with Gasteiger partial charge in [0.05, 0.1) is 11.3 Å². The van der Waals surface area contributed by atoms with Crippen LogP contribution in [-0.4, -0.2) is 16.9 Å². The van der Waals surface area contributed by atoms with Crippen molar-refractivity contribution >= 4 is 5.91 Å². The number of amides is 1. The van der Waals surface area contributed by atoms with Gasteiger partial charge in [0.25, 0.3) is 0 Å². The molecular formula is C23H23N3O. The number of hydrogen-bond acceptors (Lipinski definition) is 3. The number of carbonyl (C=O) groups is 1. The summed E-state index contributed by atoms with van der Waals surface area (Å²) < 4.78 is 0. The lowest BCUT2D eigenvalue weighted by Gasteiger charge is -2.12. The van der Waals surface area contributed by atoms with E-state index in [1.54, 1.807) is 6.07 Å². The third-order valence-corrected chi connectivity index (χ3v) is 5.24. The summed E-state index contributed by atoms with van der Waals surface area (Å²) >= 11 is 0. The number of nitrogens with one attached hydrogen (secondary N) is 1. The van der Waals surface area contributed by atoms with Gasteiger partial charge in [-0.1, -0.05) is 48.5 Å². The molecule has 136 valence electrons. The zero-order valence-corrected chi connectivity index (χ0v) is 15.4. The average Bonchev–Trinajstić information content (AvgIpc) is 3.10. The summed E-state index contributed by atoms with van der Waals surface area (Å²) in [5.74, 6) is -0.451. The van der Waals surface area contributed by atoms with Crippen LogP contribution in [0.25, 0.3) is 11.3 Å². The summed E-state index contributed by atoms with van der Waals surface area (Å²) in [7, 11) is 0. The molecule has 4 heteroatoms. The molecule has 0 radical (unpaired) electrons. The quantitative estimate of drug-likeness (QED) is 0.735. The van der Waals surface area contributed by atoms with E-state index in [4.69, 9.17) is 5.73 Å². The van der Waals surface area contributed by atoms with Crippen LogP contribution >= 0.6 is 0 Å². The van der Waals surface area contributed by atoms with Crippen molar-refractivity contribution < 1.29 is 4.79 Å². The Labute approximate surface area is 159 Å². The van der Waals surface area contributed by atoms with Crippen molar-refractivity contribution in [1.29, 1.82) is 0 Å². The predicted octanol–water partition coefficient (Wildman–Crippen LogP) is 3.41. The lowest BCUT2D eigenvalue weighted by Crippen LogP contribution is -2.28. The SMILES string of the molecule is Cc1cc(C(N)=O)cnc1-c1ccc(CNC2Cc3ccccc3C2)cc1. The molecule has 0 saturated carbocycles. The number of aryl methyl sites for hydroxylation is 1. The van der Waals surface area contributed by atoms with Crippen molar-refractivity contribution in [3.05, 3.63) is 88.6 Å². The summed E-state index contributed by atoms with van der Waals surface area (Å²) in [6.45, 7) is 2.80. The Balaban J connectivity index is 1.40. The molecule has 1 heterocycles. The first kappa shape index (κ1) is 17.4. The molecule has 4 nitrogen and oxygen atoms in total. The maximum absolute atomic E-state index is 11.3. The Kier molecular flexibility index (Phi) is 4.73. The summed E-state index contributed by atoms with van der Waals surface area (Å²) in [6, 6.07) is 19.4. The van der Waals surface area contributed by atoms with Crippen LogP contribution in [0, 0.1) is 6.92 Å². The molecule has 0 unspecified atom stereocenters. The molecule has 0 spiro atoms. The van der Waals surface area contributed by atoms with Gasteiger partial charge in [0.15, 0.2) is 0 Å². The van der Waals surface area contributed by atoms with E-state index in [1.807, 2.05) is 6.92 Å². The van der Waals surface area contributed by atoms with Crippen LogP contribution in [0.1, 0.15) is 32.6 Å². The number of fused-ring (bicyclic) bond motifs is 1. The Hall–Kier alpha value is -2.98. The monoisotopic (exact) mass is 357 g/mol. The minimum Gasteiger partial charge on any atom is -0.366 e. The number of carbonyl (C=O) groups excluding carboxylic acids is 1. The number of nitrogens with two attached hydrogens (primary N) is 1. The van der Waals surface area contributed by atoms with Gasteiger partial charge in [-0.25, -0.2) is 0 Å². The Morgan fingerprint density at radius 1 is 1.11 bits per heavy atom. The van der Waals surface area contributed by atoms with Crippen LogP contribution < -0.4 is 11.1 Å². The molecule has 0 fully saturated rings. The fourth-order valence-corrected chi connectivity index (χ4v) is 3.76. The van der Waals surface area contributed by atoms with Crippen molar-refractivity contribution in [3.8, 4) is 11.3 Å². The second-order valence-corrected chi connectivity index (χ2v) is 7.21. The highest BCUT2D eigenvalue weighted by Crippen LogP contribution is 2.24. The van der Waals surface area contributed by atoms with E-state index in [9.17, 15) is 4.79 Å². The van der Waals surface area contributed by atoms with Crippen molar-refractivity contribution in [2.24, 2.45) is 5.73 Å². The topological polar surface area (TPSA) is 68.0 Å². The summed E-state index contributed by atoms with van der Waals surface area (Å²) in [5, 5.41) is 3.67. The van der Waals surface area contributed by atoms with Crippen LogP contribution in [0.5, 0.6) is 0 Å². The van der Waals surface area contributed by atoms with E-state index in [0.29, 0.717) is 11.6 Å². The maximum Gasteiger partial charge on any atom is 0.250 e. The standard InChI is InChI=1S/C23H23N3O/c1-15-10-20(23(24)27)14-26-22(15)17-8-6-16(7-9-17)13-25-21-11-18-4-2-3-5-19(18)12-21/h2-10,14,21,25H,11-13H2,1H3,(H2,24,27). The predicted molar refractivity (Wildman–Crippen MR) is 107 cm³/mol. The first-order valence-electron chi connectivity index (χ1n) is 9.26. The molecule has 0 saturated heterocycles. The van der Waals surface area contributed by atoms with Gasteiger partial charge in [-0.2, -0.15) is 0 Å². The molecule has 2 aromatic carbocycles. The normalized spacial score (nSPS) is 13.5. The zero-order valence-electron chi connectivity index (χ0n) is 15.4. The third kappa shape index (κ3) is 3.76. The Morgan fingerprint density at radius 3 is 2.37 bits per heavy atom. The molecule has 3 aromatic rings. The van der Waals surface area contributed by atoms with Gasteiger partial charge in [0.2, 0.25) is 5.91 Å². The molecule has 27 heavy (non-hydrogen) atoms. The van der Waals surface area contributed by atoms with Crippen LogP contribution in [0.2, 0.25) is 0 Å². The first-order chi connectivity index (χ1) is 13.1. The molecule has 1 amide bonds. The number of hydrogen-bond donors (Lipinski definition) is 2. The van der Waals surface area contributed by atoms with Crippen molar-refractivity contribution in [1.82, 2.24) is 10.3 Å². The average molecular weight is 357 g/mol. The highest BCUT2D eigenvalue weighted by Gasteiger charge is 2.20. The lowest BCUT2D eigenvalue weighted by atomic mass is 10.0. The van der Waals surface area contributed by atoms with Crippen molar-refractivity contribution in [2.75, 3.05) is 0 Å². The van der Waals surface area contributed by atoms with Crippen molar-refractivity contribution in [2.45, 2.75) is 32.4 Å². The molecular weight excluding hydrogens is 334 g/mol. The Bertz CT molecular complexity index is 954. The largest absolute Gasteiger partial charge is 0.366 e. The molecule has 0 aliphatic heterocycles. The van der Waals surface area contributed by atoms with Gasteiger partial charge < -0.3 is 11.1 Å². The highest BCUT2D eigenvalue weighted by atomic mass is 16.1. The summed E-state index contributed by atoms with van der Waals surface area (Å²) in [4.78, 5) is 15.7.